The van der Waals surface area contributed by atoms with Gasteiger partial charge in [-0.3, -0.25) is 4.79 Å². The molecule has 4 atom stereocenters. The zero-order valence-electron chi connectivity index (χ0n) is 34.1. The zero-order chi connectivity index (χ0) is 42.7. The van der Waals surface area contributed by atoms with Crippen LogP contribution in [0.2, 0.25) is 0 Å². The van der Waals surface area contributed by atoms with Gasteiger partial charge in [0.05, 0.1) is 29.9 Å². The maximum atomic E-state index is 15.6. The fraction of sp³-hybridized carbons (Fsp3) is 0.548. The molecule has 1 aromatic heterocycles. The van der Waals surface area contributed by atoms with Crippen LogP contribution in [0.4, 0.5) is 19.3 Å². The molecule has 7 rings (SSSR count). The molecule has 0 radical (unpaired) electrons. The molecule has 0 unspecified atom stereocenters. The van der Waals surface area contributed by atoms with E-state index in [1.807, 2.05) is 17.2 Å². The van der Waals surface area contributed by atoms with Crippen molar-refractivity contribution in [3.63, 3.8) is 0 Å². The van der Waals surface area contributed by atoms with Crippen molar-refractivity contribution in [2.75, 3.05) is 70.6 Å². The average Bonchev–Trinajstić information content (AvgIpc) is 4.01. The number of hydrogen-bond donors (Lipinski definition) is 2. The van der Waals surface area contributed by atoms with E-state index >= 15 is 8.78 Å². The number of nitrogens with one attached hydrogen (secondary N) is 2. The van der Waals surface area contributed by atoms with Crippen molar-refractivity contribution in [3.8, 4) is 0 Å². The summed E-state index contributed by atoms with van der Waals surface area (Å²) in [6.07, 6.45) is 12.1. The monoisotopic (exact) mass is 871 g/mol. The molecule has 3 aliphatic heterocycles. The van der Waals surface area contributed by atoms with E-state index < -0.39 is 43.1 Å². The smallest absolute Gasteiger partial charge is 0.407 e. The largest absolute Gasteiger partial charge is 0.453 e. The Balaban J connectivity index is 0.964. The van der Waals surface area contributed by atoms with E-state index in [9.17, 15) is 26.4 Å². The average molecular weight is 872 g/mol. The van der Waals surface area contributed by atoms with Crippen molar-refractivity contribution in [2.45, 2.75) is 61.4 Å². The number of ether oxygens (including phenoxy) is 1. The van der Waals surface area contributed by atoms with E-state index in [0.717, 1.165) is 75.0 Å². The number of piperidine rings is 1. The Kier molecular flexibility index (Phi) is 13.3. The van der Waals surface area contributed by atoms with Crippen molar-refractivity contribution >= 4 is 37.5 Å². The van der Waals surface area contributed by atoms with Gasteiger partial charge in [0.1, 0.15) is 11.6 Å². The normalized spacial score (nSPS) is 23.4. The predicted molar refractivity (Wildman–Crippen MR) is 222 cm³/mol. The quantitative estimate of drug-likeness (QED) is 0.227. The van der Waals surface area contributed by atoms with Gasteiger partial charge in [0.15, 0.2) is 9.84 Å². The van der Waals surface area contributed by atoms with Crippen LogP contribution in [0, 0.1) is 35.3 Å². The molecule has 326 valence electrons. The Morgan fingerprint density at radius 3 is 2.45 bits per heavy atom. The minimum absolute atomic E-state index is 0.00354. The molecule has 14 nitrogen and oxygen atoms in total. The molecule has 2 N–H and O–H groups in total. The van der Waals surface area contributed by atoms with Gasteiger partial charge in [0.25, 0.3) is 0 Å². The van der Waals surface area contributed by atoms with Crippen LogP contribution >= 0.6 is 0 Å². The van der Waals surface area contributed by atoms with Gasteiger partial charge in [0, 0.05) is 87.2 Å². The molecule has 4 aliphatic rings. The van der Waals surface area contributed by atoms with Crippen LogP contribution in [0.25, 0.3) is 0 Å². The molecular weight excluding hydrogens is 817 g/mol. The highest BCUT2D eigenvalue weighted by Gasteiger charge is 2.52. The molecule has 18 heteroatoms. The predicted octanol–water partition coefficient (Wildman–Crippen LogP) is 4.16. The molecule has 3 saturated heterocycles. The number of likely N-dealkylation sites (tertiary alicyclic amines) is 1. The number of halogens is 2. The Morgan fingerprint density at radius 2 is 1.77 bits per heavy atom. The number of anilines is 1. The van der Waals surface area contributed by atoms with E-state index in [0.29, 0.717) is 37.7 Å². The van der Waals surface area contributed by atoms with Crippen LogP contribution in [0.3, 0.4) is 0 Å². The number of rotatable bonds is 15. The number of carbonyl (C=O) groups excluding carboxylic acids is 2. The van der Waals surface area contributed by atoms with Crippen LogP contribution < -0.4 is 15.5 Å². The number of sulfone groups is 1. The molecule has 2 amide bonds. The number of imidazole rings is 1. The second-order valence-electron chi connectivity index (χ2n) is 16.8. The summed E-state index contributed by atoms with van der Waals surface area (Å²) in [5.41, 5.74) is 0.781. The van der Waals surface area contributed by atoms with Crippen LogP contribution in [-0.2, 0) is 41.4 Å². The SMILES string of the molecule is COC(=O)N[C@H]1CCC[C@@H]1[C@](Cn1ccnc1)(c1cccc(F)c1)C1CCN(CC2CN(c3ccc(S(=O)(=O)N4CC[C@@H](C(=O)NC/C=C/S(C)(=O)=O)C4)cc3F)C2)CC1. The van der Waals surface area contributed by atoms with E-state index in [4.69, 9.17) is 4.74 Å². The summed E-state index contributed by atoms with van der Waals surface area (Å²) in [5.74, 6) is -1.38. The molecule has 2 aromatic carbocycles. The van der Waals surface area contributed by atoms with Crippen molar-refractivity contribution in [1.82, 2.24) is 29.4 Å². The Morgan fingerprint density at radius 1 is 0.983 bits per heavy atom. The second kappa shape index (κ2) is 18.3. The lowest BCUT2D eigenvalue weighted by molar-refractivity contribution is -0.124. The third kappa shape index (κ3) is 9.71. The summed E-state index contributed by atoms with van der Waals surface area (Å²) in [6, 6.07) is 10.8. The number of amides is 2. The van der Waals surface area contributed by atoms with Crippen LogP contribution in [0.5, 0.6) is 0 Å². The summed E-state index contributed by atoms with van der Waals surface area (Å²) >= 11 is 0. The van der Waals surface area contributed by atoms with Gasteiger partial charge in [-0.05, 0) is 92.9 Å². The van der Waals surface area contributed by atoms with E-state index in [-0.39, 0.29) is 54.1 Å². The highest BCUT2D eigenvalue weighted by atomic mass is 32.2. The first kappa shape index (κ1) is 43.7. The number of aromatic nitrogens is 2. The maximum Gasteiger partial charge on any atom is 0.407 e. The fourth-order valence-electron chi connectivity index (χ4n) is 10.1. The lowest BCUT2D eigenvalue weighted by atomic mass is 9.58. The molecule has 4 heterocycles. The molecule has 0 bridgehead atoms. The standard InChI is InChI=1S/C42H55F2N7O7S2/c1-58-41(53)47-38-9-4-8-36(38)42(28-49-20-16-45-29-49,33-6-3-7-34(43)22-33)32-13-17-48(18-14-32)24-30-25-50(26-30)39-11-10-35(23-37(39)44)60(56,57)51-19-12-31(27-51)40(52)46-15-5-21-59(2,54)55/h3,5-7,10-11,16,20-23,29-32,36,38H,4,8-9,12-15,17-19,24-28H2,1-2H3,(H,46,52)(H,47,53)/b21-5+/t31-,36+,38+,42+/m1/s1. The molecule has 0 spiro atoms. The van der Waals surface area contributed by atoms with E-state index in [1.54, 1.807) is 24.7 Å². The van der Waals surface area contributed by atoms with Crippen LogP contribution in [0.1, 0.15) is 44.1 Å². The summed E-state index contributed by atoms with van der Waals surface area (Å²) in [5, 5.41) is 6.72. The fourth-order valence-corrected chi connectivity index (χ4v) is 12.1. The number of benzene rings is 2. The Labute approximate surface area is 351 Å². The minimum Gasteiger partial charge on any atom is -0.453 e. The lowest BCUT2D eigenvalue weighted by Gasteiger charge is -2.51. The van der Waals surface area contributed by atoms with Gasteiger partial charge in [-0.25, -0.2) is 35.4 Å². The highest BCUT2D eigenvalue weighted by molar-refractivity contribution is 7.93. The van der Waals surface area contributed by atoms with Gasteiger partial charge in [-0.15, -0.1) is 0 Å². The van der Waals surface area contributed by atoms with Gasteiger partial charge < -0.3 is 29.7 Å². The summed E-state index contributed by atoms with van der Waals surface area (Å²) in [4.78, 5) is 33.7. The number of hydrogen-bond acceptors (Lipinski definition) is 10. The molecule has 4 fully saturated rings. The number of sulfonamides is 1. The molecular formula is C42H55F2N7O7S2. The third-order valence-corrected chi connectivity index (χ3v) is 15.5. The van der Waals surface area contributed by atoms with Crippen molar-refractivity contribution < 1.29 is 39.9 Å². The molecule has 1 saturated carbocycles. The zero-order valence-corrected chi connectivity index (χ0v) is 35.7. The topological polar surface area (TPSA) is 163 Å². The van der Waals surface area contributed by atoms with E-state index in [2.05, 4.69) is 25.1 Å². The number of nitrogens with zero attached hydrogens (tertiary/aromatic N) is 5. The molecule has 60 heavy (non-hydrogen) atoms. The lowest BCUT2D eigenvalue weighted by Crippen LogP contribution is -2.56. The summed E-state index contributed by atoms with van der Waals surface area (Å²) in [6.45, 7) is 4.42. The van der Waals surface area contributed by atoms with Gasteiger partial charge in [-0.1, -0.05) is 24.6 Å². The maximum absolute atomic E-state index is 15.6. The first-order valence-electron chi connectivity index (χ1n) is 20.6. The van der Waals surface area contributed by atoms with Crippen LogP contribution in [-0.4, -0.2) is 119 Å². The third-order valence-electron chi connectivity index (χ3n) is 13.0. The number of carbonyl (C=O) groups is 2. The van der Waals surface area contributed by atoms with Crippen LogP contribution in [0.15, 0.2) is 77.6 Å². The highest BCUT2D eigenvalue weighted by Crippen LogP contribution is 2.52. The first-order valence-corrected chi connectivity index (χ1v) is 24.0. The van der Waals surface area contributed by atoms with E-state index in [1.165, 1.54) is 35.7 Å². The van der Waals surface area contributed by atoms with Crippen molar-refractivity contribution in [2.24, 2.45) is 23.7 Å². The second-order valence-corrected chi connectivity index (χ2v) is 20.7. The van der Waals surface area contributed by atoms with Gasteiger partial charge in [-0.2, -0.15) is 4.31 Å². The number of methoxy groups -OCH3 is 1. The number of alkyl carbamates (subject to hydrolysis) is 1. The Hall–Kier alpha value is -4.39. The minimum atomic E-state index is -4.05. The van der Waals surface area contributed by atoms with Gasteiger partial charge in [0.2, 0.25) is 15.9 Å². The Bertz CT molecular complexity index is 2250. The van der Waals surface area contributed by atoms with Crippen molar-refractivity contribution in [3.05, 3.63) is 89.9 Å². The molecule has 1 aliphatic carbocycles. The van der Waals surface area contributed by atoms with Gasteiger partial charge >= 0.3 is 6.09 Å². The first-order chi connectivity index (χ1) is 28.7. The summed E-state index contributed by atoms with van der Waals surface area (Å²) in [7, 11) is -6.01. The van der Waals surface area contributed by atoms with Crippen molar-refractivity contribution in [1.29, 1.82) is 0 Å². The summed E-state index contributed by atoms with van der Waals surface area (Å²) < 4.78 is 88.4. The molecule has 3 aromatic rings.